The van der Waals surface area contributed by atoms with E-state index >= 15 is 0 Å². The quantitative estimate of drug-likeness (QED) is 0.362. The molecule has 1 aromatic heterocycles. The molecule has 180 valence electrons. The van der Waals surface area contributed by atoms with Gasteiger partial charge in [-0.1, -0.05) is 29.4 Å². The van der Waals surface area contributed by atoms with E-state index in [9.17, 15) is 14.7 Å². The zero-order valence-corrected chi connectivity index (χ0v) is 20.6. The first-order chi connectivity index (χ1) is 16.4. The maximum absolute atomic E-state index is 12.6. The van der Waals surface area contributed by atoms with Crippen LogP contribution in [0.4, 0.5) is 5.69 Å². The van der Waals surface area contributed by atoms with E-state index in [2.05, 4.69) is 20.8 Å². The molecule has 0 saturated heterocycles. The van der Waals surface area contributed by atoms with Crippen LogP contribution < -0.4 is 15.4 Å². The molecule has 1 heterocycles. The summed E-state index contributed by atoms with van der Waals surface area (Å²) in [5.74, 6) is 0.560. The molecular weight excluding hydrogens is 478 g/mol. The third kappa shape index (κ3) is 6.28. The number of rotatable bonds is 10. The van der Waals surface area contributed by atoms with E-state index in [4.69, 9.17) is 16.3 Å². The minimum absolute atomic E-state index is 0.103. The Hall–Kier alpha value is -3.08. The Balaban J connectivity index is 1.65. The van der Waals surface area contributed by atoms with E-state index in [1.807, 2.05) is 19.9 Å². The summed E-state index contributed by atoms with van der Waals surface area (Å²) in [5, 5.41) is 24.9. The molecule has 0 aliphatic carbocycles. The number of halogens is 1. The zero-order chi connectivity index (χ0) is 24.7. The van der Waals surface area contributed by atoms with Crippen molar-refractivity contribution in [2.45, 2.75) is 31.6 Å². The number of aryl methyl sites for hydroxylation is 1. The maximum Gasteiger partial charge on any atom is 0.251 e. The molecule has 0 aliphatic rings. The lowest BCUT2D eigenvalue weighted by Gasteiger charge is -2.17. The number of anilines is 1. The maximum atomic E-state index is 12.6. The third-order valence-electron chi connectivity index (χ3n) is 5.00. The van der Waals surface area contributed by atoms with E-state index in [0.29, 0.717) is 39.5 Å². The Morgan fingerprint density at radius 1 is 1.21 bits per heavy atom. The third-order valence-corrected chi connectivity index (χ3v) is 6.38. The number of carbonyl (C=O) groups excluding carboxylic acids is 2. The number of aromatic nitrogens is 3. The standard InChI is InChI=1S/C23H26ClN5O4S/c1-4-29-21(19(12-30)26-22(32)15-6-9-17(33-3)10-7-15)27-28-23(29)34-13-20(31)25-16-8-5-14(2)18(24)11-16/h5-11,19,30H,4,12-13H2,1-3H3,(H,25,31)(H,26,32). The van der Waals surface area contributed by atoms with Crippen LogP contribution in [-0.2, 0) is 11.3 Å². The molecule has 9 nitrogen and oxygen atoms in total. The van der Waals surface area contributed by atoms with Gasteiger partial charge in [-0.3, -0.25) is 9.59 Å². The molecule has 2 amide bonds. The van der Waals surface area contributed by atoms with E-state index in [1.165, 1.54) is 11.8 Å². The number of nitrogens with one attached hydrogen (secondary N) is 2. The number of thioether (sulfide) groups is 1. The van der Waals surface area contributed by atoms with Gasteiger partial charge in [0.05, 0.1) is 19.5 Å². The van der Waals surface area contributed by atoms with Gasteiger partial charge in [0.25, 0.3) is 5.91 Å². The molecule has 3 N–H and O–H groups in total. The molecule has 3 rings (SSSR count). The summed E-state index contributed by atoms with van der Waals surface area (Å²) in [6, 6.07) is 11.2. The van der Waals surface area contributed by atoms with Crippen LogP contribution in [-0.4, -0.2) is 51.2 Å². The van der Waals surface area contributed by atoms with Gasteiger partial charge in [-0.15, -0.1) is 10.2 Å². The van der Waals surface area contributed by atoms with Gasteiger partial charge >= 0.3 is 0 Å². The predicted octanol–water partition coefficient (Wildman–Crippen LogP) is 3.46. The minimum atomic E-state index is -0.764. The average Bonchev–Trinajstić information content (AvgIpc) is 3.26. The fraction of sp³-hybridized carbons (Fsp3) is 0.304. The number of aliphatic hydroxyl groups excluding tert-OH is 1. The summed E-state index contributed by atoms with van der Waals surface area (Å²) in [5.41, 5.74) is 1.96. The zero-order valence-electron chi connectivity index (χ0n) is 19.0. The molecule has 1 atom stereocenters. The Bertz CT molecular complexity index is 1150. The van der Waals surface area contributed by atoms with Crippen molar-refractivity contribution in [2.75, 3.05) is 24.8 Å². The number of benzene rings is 2. The number of methoxy groups -OCH3 is 1. The lowest BCUT2D eigenvalue weighted by molar-refractivity contribution is -0.113. The van der Waals surface area contributed by atoms with Crippen LogP contribution in [0.3, 0.4) is 0 Å². The van der Waals surface area contributed by atoms with Crippen molar-refractivity contribution in [3.05, 3.63) is 64.4 Å². The van der Waals surface area contributed by atoms with E-state index < -0.39 is 6.04 Å². The first-order valence-corrected chi connectivity index (χ1v) is 11.9. The highest BCUT2D eigenvalue weighted by atomic mass is 35.5. The van der Waals surface area contributed by atoms with Crippen LogP contribution in [0.25, 0.3) is 0 Å². The van der Waals surface area contributed by atoms with Gasteiger partial charge in [-0.25, -0.2) is 0 Å². The molecular formula is C23H26ClN5O4S. The van der Waals surface area contributed by atoms with Gasteiger partial charge in [-0.2, -0.15) is 0 Å². The van der Waals surface area contributed by atoms with Crippen molar-refractivity contribution in [3.63, 3.8) is 0 Å². The molecule has 0 saturated carbocycles. The van der Waals surface area contributed by atoms with Crippen LogP contribution in [0.5, 0.6) is 5.75 Å². The Morgan fingerprint density at radius 2 is 1.94 bits per heavy atom. The molecule has 0 spiro atoms. The lowest BCUT2D eigenvalue weighted by Crippen LogP contribution is -2.32. The van der Waals surface area contributed by atoms with Crippen LogP contribution in [0.2, 0.25) is 5.02 Å². The lowest BCUT2D eigenvalue weighted by atomic mass is 10.2. The van der Waals surface area contributed by atoms with E-state index in [-0.39, 0.29) is 24.2 Å². The predicted molar refractivity (Wildman–Crippen MR) is 132 cm³/mol. The summed E-state index contributed by atoms with van der Waals surface area (Å²) >= 11 is 7.32. The normalized spacial score (nSPS) is 11.7. The molecule has 3 aromatic rings. The number of aliphatic hydroxyl groups is 1. The highest BCUT2D eigenvalue weighted by molar-refractivity contribution is 7.99. The second-order valence-corrected chi connectivity index (χ2v) is 8.67. The van der Waals surface area contributed by atoms with Gasteiger partial charge in [0, 0.05) is 22.8 Å². The second kappa shape index (κ2) is 11.9. The Morgan fingerprint density at radius 3 is 2.56 bits per heavy atom. The molecule has 2 aromatic carbocycles. The summed E-state index contributed by atoms with van der Waals surface area (Å²) in [6.45, 7) is 3.91. The molecule has 0 bridgehead atoms. The van der Waals surface area contributed by atoms with Crippen molar-refractivity contribution in [1.82, 2.24) is 20.1 Å². The van der Waals surface area contributed by atoms with Crippen molar-refractivity contribution >= 4 is 40.9 Å². The first-order valence-electron chi connectivity index (χ1n) is 10.5. The number of hydrogen-bond acceptors (Lipinski definition) is 7. The van der Waals surface area contributed by atoms with Gasteiger partial charge in [0.2, 0.25) is 5.91 Å². The van der Waals surface area contributed by atoms with Gasteiger partial charge < -0.3 is 25.0 Å². The topological polar surface area (TPSA) is 118 Å². The molecule has 11 heteroatoms. The number of ether oxygens (including phenoxy) is 1. The van der Waals surface area contributed by atoms with Gasteiger partial charge in [-0.05, 0) is 55.8 Å². The monoisotopic (exact) mass is 503 g/mol. The van der Waals surface area contributed by atoms with Crippen LogP contribution in [0.1, 0.15) is 34.7 Å². The molecule has 0 radical (unpaired) electrons. The molecule has 1 unspecified atom stereocenters. The van der Waals surface area contributed by atoms with Gasteiger partial charge in [0.1, 0.15) is 11.8 Å². The smallest absolute Gasteiger partial charge is 0.251 e. The van der Waals surface area contributed by atoms with Crippen molar-refractivity contribution in [1.29, 1.82) is 0 Å². The van der Waals surface area contributed by atoms with Crippen LogP contribution >= 0.6 is 23.4 Å². The molecule has 0 fully saturated rings. The van der Waals surface area contributed by atoms with Gasteiger partial charge in [0.15, 0.2) is 11.0 Å². The van der Waals surface area contributed by atoms with E-state index in [1.54, 1.807) is 48.1 Å². The SMILES string of the molecule is CCn1c(SCC(=O)Nc2ccc(C)c(Cl)c2)nnc1C(CO)NC(=O)c1ccc(OC)cc1. The summed E-state index contributed by atoms with van der Waals surface area (Å²) in [6.07, 6.45) is 0. The number of amides is 2. The first kappa shape index (κ1) is 25.5. The second-order valence-electron chi connectivity index (χ2n) is 7.32. The molecule has 34 heavy (non-hydrogen) atoms. The highest BCUT2D eigenvalue weighted by Crippen LogP contribution is 2.23. The number of hydrogen-bond donors (Lipinski definition) is 3. The Kier molecular flexibility index (Phi) is 8.91. The summed E-state index contributed by atoms with van der Waals surface area (Å²) < 4.78 is 6.87. The van der Waals surface area contributed by atoms with Crippen molar-refractivity contribution < 1.29 is 19.4 Å². The van der Waals surface area contributed by atoms with Crippen molar-refractivity contribution in [3.8, 4) is 5.75 Å². The molecule has 0 aliphatic heterocycles. The Labute approximate surface area is 206 Å². The number of nitrogens with zero attached hydrogens (tertiary/aromatic N) is 3. The van der Waals surface area contributed by atoms with Crippen molar-refractivity contribution in [2.24, 2.45) is 0 Å². The van der Waals surface area contributed by atoms with Crippen LogP contribution in [0, 0.1) is 6.92 Å². The fourth-order valence-corrected chi connectivity index (χ4v) is 4.13. The fourth-order valence-electron chi connectivity index (χ4n) is 3.14. The summed E-state index contributed by atoms with van der Waals surface area (Å²) in [4.78, 5) is 25.0. The minimum Gasteiger partial charge on any atom is -0.497 e. The highest BCUT2D eigenvalue weighted by Gasteiger charge is 2.23. The average molecular weight is 504 g/mol. The van der Waals surface area contributed by atoms with Crippen LogP contribution in [0.15, 0.2) is 47.6 Å². The largest absolute Gasteiger partial charge is 0.497 e. The number of carbonyl (C=O) groups is 2. The van der Waals surface area contributed by atoms with E-state index in [0.717, 1.165) is 5.56 Å². The summed E-state index contributed by atoms with van der Waals surface area (Å²) in [7, 11) is 1.55.